The number of nitrogens with one attached hydrogen (secondary N) is 2. The lowest BCUT2D eigenvalue weighted by Crippen LogP contribution is -2.47. The summed E-state index contributed by atoms with van der Waals surface area (Å²) in [5.74, 6) is -1.32. The van der Waals surface area contributed by atoms with E-state index in [1.54, 1.807) is 12.1 Å². The number of carbonyl (C=O) groups is 2. The van der Waals surface area contributed by atoms with Crippen LogP contribution in [0.3, 0.4) is 0 Å². The van der Waals surface area contributed by atoms with E-state index in [2.05, 4.69) is 10.6 Å². The molecule has 23 heavy (non-hydrogen) atoms. The Balaban J connectivity index is 1.52. The Kier molecular flexibility index (Phi) is 4.24. The molecule has 1 aromatic carbocycles. The molecule has 2 amide bonds. The Morgan fingerprint density at radius 3 is 2.22 bits per heavy atom. The van der Waals surface area contributed by atoms with Crippen molar-refractivity contribution in [2.75, 3.05) is 0 Å². The number of carboxylic acid groups (broad SMARTS) is 1. The largest absolute Gasteiger partial charge is 0.481 e. The van der Waals surface area contributed by atoms with Crippen LogP contribution in [0.2, 0.25) is 0 Å². The monoisotopic (exact) mass is 320 g/mol. The first-order valence-corrected chi connectivity index (χ1v) is 8.06. The maximum absolute atomic E-state index is 13.0. The van der Waals surface area contributed by atoms with Crippen molar-refractivity contribution in [3.63, 3.8) is 0 Å². The first-order chi connectivity index (χ1) is 11.0. The molecule has 0 aromatic heterocycles. The Morgan fingerprint density at radius 1 is 1.09 bits per heavy atom. The average molecular weight is 320 g/mol. The van der Waals surface area contributed by atoms with E-state index in [1.165, 1.54) is 12.1 Å². The van der Waals surface area contributed by atoms with Gasteiger partial charge in [0.05, 0.1) is 11.5 Å². The highest BCUT2D eigenvalue weighted by Gasteiger charge is 2.45. The third-order valence-electron chi connectivity index (χ3n) is 4.91. The van der Waals surface area contributed by atoms with Gasteiger partial charge in [0.25, 0.3) is 0 Å². The van der Waals surface area contributed by atoms with Crippen molar-refractivity contribution in [1.82, 2.24) is 10.6 Å². The van der Waals surface area contributed by atoms with E-state index in [-0.39, 0.29) is 29.3 Å². The summed E-state index contributed by atoms with van der Waals surface area (Å²) in [7, 11) is 0. The predicted octanol–water partition coefficient (Wildman–Crippen LogP) is 2.76. The number of hydrogen-bond acceptors (Lipinski definition) is 2. The van der Waals surface area contributed by atoms with Crippen molar-refractivity contribution in [2.45, 2.75) is 50.1 Å². The molecule has 2 saturated carbocycles. The van der Waals surface area contributed by atoms with Gasteiger partial charge in [0.2, 0.25) is 0 Å². The molecule has 0 atom stereocenters. The van der Waals surface area contributed by atoms with E-state index in [4.69, 9.17) is 5.11 Å². The smallest absolute Gasteiger partial charge is 0.315 e. The minimum Gasteiger partial charge on any atom is -0.481 e. The molecule has 6 heteroatoms. The van der Waals surface area contributed by atoms with Crippen molar-refractivity contribution < 1.29 is 19.1 Å². The van der Waals surface area contributed by atoms with Gasteiger partial charge in [0.15, 0.2) is 0 Å². The van der Waals surface area contributed by atoms with E-state index in [0.717, 1.165) is 18.4 Å². The summed E-state index contributed by atoms with van der Waals surface area (Å²) in [6.45, 7) is 0. The molecule has 0 radical (unpaired) electrons. The molecular formula is C17H21FN2O3. The first-order valence-electron chi connectivity index (χ1n) is 8.06. The lowest BCUT2D eigenvalue weighted by atomic mass is 9.86. The Morgan fingerprint density at radius 2 is 1.70 bits per heavy atom. The van der Waals surface area contributed by atoms with Crippen molar-refractivity contribution in [2.24, 2.45) is 5.92 Å². The third kappa shape index (κ3) is 3.63. The normalized spacial score (nSPS) is 25.4. The summed E-state index contributed by atoms with van der Waals surface area (Å²) in [6.07, 6.45) is 4.27. The number of carbonyl (C=O) groups excluding carboxylic acids is 1. The summed E-state index contributed by atoms with van der Waals surface area (Å²) >= 11 is 0. The predicted molar refractivity (Wildman–Crippen MR) is 82.4 cm³/mol. The van der Waals surface area contributed by atoms with Crippen molar-refractivity contribution in [3.8, 4) is 0 Å². The maximum Gasteiger partial charge on any atom is 0.315 e. The van der Waals surface area contributed by atoms with Crippen LogP contribution >= 0.6 is 0 Å². The fourth-order valence-corrected chi connectivity index (χ4v) is 3.30. The molecule has 0 saturated heterocycles. The van der Waals surface area contributed by atoms with Gasteiger partial charge in [0.1, 0.15) is 5.82 Å². The molecule has 0 heterocycles. The molecule has 0 bridgehead atoms. The molecule has 2 aliphatic carbocycles. The van der Waals surface area contributed by atoms with Crippen LogP contribution in [0.1, 0.15) is 44.1 Å². The zero-order chi connectivity index (χ0) is 16.4. The number of hydrogen-bond donors (Lipinski definition) is 3. The number of benzene rings is 1. The van der Waals surface area contributed by atoms with Crippen LogP contribution in [0.25, 0.3) is 0 Å². The lowest BCUT2D eigenvalue weighted by Gasteiger charge is -2.28. The van der Waals surface area contributed by atoms with Gasteiger partial charge in [-0.15, -0.1) is 0 Å². The molecule has 2 aliphatic rings. The Labute approximate surface area is 134 Å². The Hall–Kier alpha value is -2.11. The van der Waals surface area contributed by atoms with Gasteiger partial charge in [-0.2, -0.15) is 0 Å². The van der Waals surface area contributed by atoms with Crippen LogP contribution in [0.4, 0.5) is 9.18 Å². The Bertz CT molecular complexity index is 590. The van der Waals surface area contributed by atoms with Gasteiger partial charge < -0.3 is 15.7 Å². The molecule has 124 valence electrons. The lowest BCUT2D eigenvalue weighted by molar-refractivity contribution is -0.142. The molecule has 3 N–H and O–H groups in total. The number of urea groups is 1. The van der Waals surface area contributed by atoms with Gasteiger partial charge in [0, 0.05) is 6.04 Å². The molecule has 5 nitrogen and oxygen atoms in total. The molecule has 3 rings (SSSR count). The van der Waals surface area contributed by atoms with Crippen LogP contribution in [0.15, 0.2) is 24.3 Å². The summed E-state index contributed by atoms with van der Waals surface area (Å²) in [5, 5.41) is 14.9. The van der Waals surface area contributed by atoms with Gasteiger partial charge in [-0.25, -0.2) is 9.18 Å². The highest BCUT2D eigenvalue weighted by atomic mass is 19.1. The number of halogens is 1. The van der Waals surface area contributed by atoms with E-state index < -0.39 is 5.97 Å². The third-order valence-corrected chi connectivity index (χ3v) is 4.91. The van der Waals surface area contributed by atoms with E-state index in [1.807, 2.05) is 0 Å². The van der Waals surface area contributed by atoms with Gasteiger partial charge >= 0.3 is 12.0 Å². The van der Waals surface area contributed by atoms with Crippen molar-refractivity contribution in [1.29, 1.82) is 0 Å². The maximum atomic E-state index is 13.0. The van der Waals surface area contributed by atoms with Crippen LogP contribution < -0.4 is 10.6 Å². The van der Waals surface area contributed by atoms with Gasteiger partial charge in [-0.05, 0) is 56.2 Å². The molecule has 0 spiro atoms. The summed E-state index contributed by atoms with van der Waals surface area (Å²) < 4.78 is 13.0. The van der Waals surface area contributed by atoms with E-state index in [9.17, 15) is 14.0 Å². The van der Waals surface area contributed by atoms with Crippen LogP contribution in [0.5, 0.6) is 0 Å². The van der Waals surface area contributed by atoms with E-state index >= 15 is 0 Å². The van der Waals surface area contributed by atoms with Crippen LogP contribution in [-0.2, 0) is 10.3 Å². The van der Waals surface area contributed by atoms with E-state index in [0.29, 0.717) is 25.7 Å². The number of amides is 2. The highest BCUT2D eigenvalue weighted by molar-refractivity contribution is 5.76. The number of carboxylic acids is 1. The minimum atomic E-state index is -0.749. The van der Waals surface area contributed by atoms with Crippen molar-refractivity contribution in [3.05, 3.63) is 35.6 Å². The van der Waals surface area contributed by atoms with Gasteiger partial charge in [-0.3, -0.25) is 4.79 Å². The zero-order valence-corrected chi connectivity index (χ0v) is 12.8. The average Bonchev–Trinajstić information content (AvgIpc) is 3.29. The molecule has 0 unspecified atom stereocenters. The minimum absolute atomic E-state index is 0.0228. The SMILES string of the molecule is O=C(NC1CCC(C(=O)O)CC1)NC1(c2ccc(F)cc2)CC1. The number of aliphatic carboxylic acids is 1. The van der Waals surface area contributed by atoms with Crippen LogP contribution in [-0.4, -0.2) is 23.1 Å². The molecular weight excluding hydrogens is 299 g/mol. The second-order valence-electron chi connectivity index (χ2n) is 6.57. The fraction of sp³-hybridized carbons (Fsp3) is 0.529. The van der Waals surface area contributed by atoms with Crippen molar-refractivity contribution >= 4 is 12.0 Å². The second kappa shape index (κ2) is 6.18. The summed E-state index contributed by atoms with van der Waals surface area (Å²) in [4.78, 5) is 23.1. The summed E-state index contributed by atoms with van der Waals surface area (Å²) in [6, 6.07) is 6.02. The number of rotatable bonds is 4. The molecule has 0 aliphatic heterocycles. The van der Waals surface area contributed by atoms with Gasteiger partial charge in [-0.1, -0.05) is 12.1 Å². The topological polar surface area (TPSA) is 78.4 Å². The fourth-order valence-electron chi connectivity index (χ4n) is 3.30. The standard InChI is InChI=1S/C17H21FN2O3/c18-13-5-3-12(4-6-13)17(9-10-17)20-16(23)19-14-7-1-11(2-8-14)15(21)22/h3-6,11,14H,1-2,7-10H2,(H,21,22)(H2,19,20,23). The quantitative estimate of drug-likeness (QED) is 0.798. The molecule has 2 fully saturated rings. The highest BCUT2D eigenvalue weighted by Crippen LogP contribution is 2.45. The van der Waals surface area contributed by atoms with Crippen LogP contribution in [0, 0.1) is 11.7 Å². The second-order valence-corrected chi connectivity index (χ2v) is 6.57. The molecule has 1 aromatic rings. The zero-order valence-electron chi connectivity index (χ0n) is 12.8. The first kappa shape index (κ1) is 15.8. The summed E-state index contributed by atoms with van der Waals surface area (Å²) in [5.41, 5.74) is 0.541.